The van der Waals surface area contributed by atoms with Crippen LogP contribution in [0, 0.1) is 0 Å². The minimum absolute atomic E-state index is 0.0527. The second kappa shape index (κ2) is 8.63. The van der Waals surface area contributed by atoms with E-state index < -0.39 is 0 Å². The van der Waals surface area contributed by atoms with Crippen LogP contribution >= 0.6 is 11.3 Å². The van der Waals surface area contributed by atoms with Crippen LogP contribution in [0.5, 0.6) is 5.75 Å². The molecule has 2 amide bonds. The minimum atomic E-state index is -0.369. The molecule has 0 aliphatic carbocycles. The van der Waals surface area contributed by atoms with Crippen LogP contribution < -0.4 is 10.1 Å². The lowest BCUT2D eigenvalue weighted by molar-refractivity contribution is -0.137. The first-order chi connectivity index (χ1) is 15.9. The number of carbonyl (C=O) groups excluding carboxylic acids is 3. The van der Waals surface area contributed by atoms with Gasteiger partial charge >= 0.3 is 0 Å². The first-order valence-electron chi connectivity index (χ1n) is 11.3. The standard InChI is InChI=1S/C26H26N2O4S/c1-15(29)24-9-10-25(33-24)18-5-7-20-17(12-18)6-8-23-21(20)13-19(32-23)14-27-26(31)22-4-3-11-28(22)16(2)30/h5-10,12,19,22H,3-4,11,13-14H2,1-2H3,(H,27,31)/t19?,22-/m0/s1. The second-order valence-electron chi connectivity index (χ2n) is 8.76. The average molecular weight is 463 g/mol. The molecule has 1 saturated heterocycles. The van der Waals surface area contributed by atoms with Gasteiger partial charge < -0.3 is 15.0 Å². The third kappa shape index (κ3) is 4.13. The molecule has 1 aromatic heterocycles. The normalized spacial score (nSPS) is 19.4. The van der Waals surface area contributed by atoms with Crippen molar-refractivity contribution in [1.82, 2.24) is 10.2 Å². The Morgan fingerprint density at radius 3 is 2.73 bits per heavy atom. The number of thiophene rings is 1. The molecule has 1 unspecified atom stereocenters. The molecule has 5 rings (SSSR count). The highest BCUT2D eigenvalue weighted by Crippen LogP contribution is 2.37. The van der Waals surface area contributed by atoms with Crippen molar-refractivity contribution >= 4 is 39.7 Å². The Balaban J connectivity index is 1.29. The van der Waals surface area contributed by atoms with Crippen LogP contribution in [0.25, 0.3) is 21.2 Å². The molecule has 1 fully saturated rings. The molecule has 170 valence electrons. The Morgan fingerprint density at radius 2 is 1.97 bits per heavy atom. The van der Waals surface area contributed by atoms with Crippen LogP contribution in [0.4, 0.5) is 0 Å². The Kier molecular flexibility index (Phi) is 5.66. The van der Waals surface area contributed by atoms with E-state index in [1.807, 2.05) is 18.2 Å². The van der Waals surface area contributed by atoms with Gasteiger partial charge in [0.2, 0.25) is 11.8 Å². The van der Waals surface area contributed by atoms with Crippen molar-refractivity contribution in [1.29, 1.82) is 0 Å². The van der Waals surface area contributed by atoms with E-state index in [1.165, 1.54) is 18.3 Å². The van der Waals surface area contributed by atoms with Crippen molar-refractivity contribution in [2.75, 3.05) is 13.1 Å². The van der Waals surface area contributed by atoms with E-state index in [0.29, 0.717) is 19.5 Å². The van der Waals surface area contributed by atoms with E-state index in [-0.39, 0.29) is 29.7 Å². The van der Waals surface area contributed by atoms with Crippen LogP contribution in [-0.4, -0.2) is 47.7 Å². The smallest absolute Gasteiger partial charge is 0.242 e. The van der Waals surface area contributed by atoms with Gasteiger partial charge in [-0.2, -0.15) is 0 Å². The largest absolute Gasteiger partial charge is 0.488 e. The summed E-state index contributed by atoms with van der Waals surface area (Å²) in [5, 5.41) is 5.26. The van der Waals surface area contributed by atoms with Crippen LogP contribution in [0.15, 0.2) is 42.5 Å². The fourth-order valence-electron chi connectivity index (χ4n) is 4.84. The third-order valence-electron chi connectivity index (χ3n) is 6.52. The number of hydrogen-bond donors (Lipinski definition) is 1. The van der Waals surface area contributed by atoms with Gasteiger partial charge in [0.15, 0.2) is 5.78 Å². The molecular formula is C26H26N2O4S. The van der Waals surface area contributed by atoms with Gasteiger partial charge in [0.1, 0.15) is 17.9 Å². The summed E-state index contributed by atoms with van der Waals surface area (Å²) in [5.41, 5.74) is 2.24. The molecular weight excluding hydrogens is 436 g/mol. The number of carbonyl (C=O) groups is 3. The van der Waals surface area contributed by atoms with Gasteiger partial charge in [0.25, 0.3) is 0 Å². The number of nitrogens with zero attached hydrogens (tertiary/aromatic N) is 1. The number of nitrogens with one attached hydrogen (secondary N) is 1. The molecule has 0 radical (unpaired) electrons. The van der Waals surface area contributed by atoms with Crippen molar-refractivity contribution < 1.29 is 19.1 Å². The van der Waals surface area contributed by atoms with Crippen molar-refractivity contribution in [3.63, 3.8) is 0 Å². The Bertz CT molecular complexity index is 1260. The number of ketones is 1. The number of hydrogen-bond acceptors (Lipinski definition) is 5. The number of rotatable bonds is 5. The van der Waals surface area contributed by atoms with E-state index in [9.17, 15) is 14.4 Å². The molecule has 3 heterocycles. The van der Waals surface area contributed by atoms with Gasteiger partial charge in [-0.15, -0.1) is 11.3 Å². The van der Waals surface area contributed by atoms with Crippen LogP contribution in [-0.2, 0) is 16.0 Å². The van der Waals surface area contributed by atoms with Gasteiger partial charge in [-0.05, 0) is 60.4 Å². The number of amides is 2. The minimum Gasteiger partial charge on any atom is -0.488 e. The van der Waals surface area contributed by atoms with Crippen LogP contribution in [0.3, 0.4) is 0 Å². The zero-order valence-corrected chi connectivity index (χ0v) is 19.5. The first-order valence-corrected chi connectivity index (χ1v) is 12.1. The van der Waals surface area contributed by atoms with Crippen molar-refractivity contribution in [3.05, 3.63) is 52.9 Å². The topological polar surface area (TPSA) is 75.7 Å². The summed E-state index contributed by atoms with van der Waals surface area (Å²) in [4.78, 5) is 39.5. The van der Waals surface area contributed by atoms with Crippen LogP contribution in [0.1, 0.15) is 41.9 Å². The molecule has 1 N–H and O–H groups in total. The number of likely N-dealkylation sites (tertiary alicyclic amines) is 1. The van der Waals surface area contributed by atoms with Crippen molar-refractivity contribution in [2.45, 2.75) is 45.3 Å². The highest BCUT2D eigenvalue weighted by Gasteiger charge is 2.33. The quantitative estimate of drug-likeness (QED) is 0.577. The summed E-state index contributed by atoms with van der Waals surface area (Å²) in [6.07, 6.45) is 2.17. The summed E-state index contributed by atoms with van der Waals surface area (Å²) in [6.45, 7) is 4.16. The van der Waals surface area contributed by atoms with E-state index in [1.54, 1.807) is 11.8 Å². The molecule has 0 spiro atoms. The van der Waals surface area contributed by atoms with E-state index in [2.05, 4.69) is 29.6 Å². The molecule has 0 bridgehead atoms. The summed E-state index contributed by atoms with van der Waals surface area (Å²) in [6, 6.07) is 13.9. The molecule has 2 atom stereocenters. The number of benzene rings is 2. The maximum absolute atomic E-state index is 12.6. The number of ether oxygens (including phenoxy) is 1. The molecule has 0 saturated carbocycles. The van der Waals surface area contributed by atoms with E-state index in [0.717, 1.165) is 50.2 Å². The lowest BCUT2D eigenvalue weighted by atomic mass is 9.98. The number of fused-ring (bicyclic) bond motifs is 3. The van der Waals surface area contributed by atoms with E-state index in [4.69, 9.17) is 4.74 Å². The molecule has 2 aromatic carbocycles. The second-order valence-corrected chi connectivity index (χ2v) is 9.84. The molecule has 2 aliphatic heterocycles. The zero-order valence-electron chi connectivity index (χ0n) is 18.7. The number of Topliss-reactive ketones (excluding diaryl/α,β-unsaturated/α-hetero) is 1. The average Bonchev–Trinajstić information content (AvgIpc) is 3.55. The predicted octanol–water partition coefficient (Wildman–Crippen LogP) is 4.20. The maximum Gasteiger partial charge on any atom is 0.242 e. The summed E-state index contributed by atoms with van der Waals surface area (Å²) in [5.74, 6) is 0.790. The molecule has 7 heteroatoms. The Morgan fingerprint density at radius 1 is 1.12 bits per heavy atom. The van der Waals surface area contributed by atoms with Gasteiger partial charge in [0.05, 0.1) is 11.4 Å². The fraction of sp³-hybridized carbons (Fsp3) is 0.346. The van der Waals surface area contributed by atoms with Crippen molar-refractivity contribution in [2.24, 2.45) is 0 Å². The molecule has 33 heavy (non-hydrogen) atoms. The Hall–Kier alpha value is -3.19. The van der Waals surface area contributed by atoms with Gasteiger partial charge in [-0.3, -0.25) is 14.4 Å². The highest BCUT2D eigenvalue weighted by atomic mass is 32.1. The first kappa shape index (κ1) is 21.6. The molecule has 2 aliphatic rings. The lowest BCUT2D eigenvalue weighted by Gasteiger charge is -2.23. The monoisotopic (exact) mass is 462 g/mol. The zero-order chi connectivity index (χ0) is 23.1. The molecule has 6 nitrogen and oxygen atoms in total. The lowest BCUT2D eigenvalue weighted by Crippen LogP contribution is -2.47. The molecule has 3 aromatic rings. The van der Waals surface area contributed by atoms with Crippen molar-refractivity contribution in [3.8, 4) is 16.2 Å². The maximum atomic E-state index is 12.6. The summed E-state index contributed by atoms with van der Waals surface area (Å²) < 4.78 is 6.12. The fourth-order valence-corrected chi connectivity index (χ4v) is 5.74. The van der Waals surface area contributed by atoms with Gasteiger partial charge in [-0.1, -0.05) is 18.2 Å². The van der Waals surface area contributed by atoms with Gasteiger partial charge in [0, 0.05) is 30.3 Å². The highest BCUT2D eigenvalue weighted by molar-refractivity contribution is 7.17. The summed E-state index contributed by atoms with van der Waals surface area (Å²) >= 11 is 1.51. The SMILES string of the molecule is CC(=O)c1ccc(-c2ccc3c4c(ccc3c2)OC(CNC(=O)[C@@H]2CCCN2C(C)=O)C4)s1. The van der Waals surface area contributed by atoms with Crippen LogP contribution in [0.2, 0.25) is 0 Å². The predicted molar refractivity (Wildman–Crippen MR) is 129 cm³/mol. The Labute approximate surface area is 196 Å². The summed E-state index contributed by atoms with van der Waals surface area (Å²) in [7, 11) is 0. The third-order valence-corrected chi connectivity index (χ3v) is 7.75. The van der Waals surface area contributed by atoms with E-state index >= 15 is 0 Å². The van der Waals surface area contributed by atoms with Gasteiger partial charge in [-0.25, -0.2) is 0 Å².